The van der Waals surface area contributed by atoms with E-state index in [1.807, 2.05) is 24.3 Å². The van der Waals surface area contributed by atoms with E-state index in [2.05, 4.69) is 4.90 Å². The van der Waals surface area contributed by atoms with Gasteiger partial charge in [-0.1, -0.05) is 30.3 Å². The average Bonchev–Trinajstić information content (AvgIpc) is 2.62. The summed E-state index contributed by atoms with van der Waals surface area (Å²) in [5.41, 5.74) is 2.03. The minimum Gasteiger partial charge on any atom is -0.491 e. The van der Waals surface area contributed by atoms with Crippen molar-refractivity contribution in [1.82, 2.24) is 4.90 Å². The highest BCUT2D eigenvalue weighted by Crippen LogP contribution is 2.30. The van der Waals surface area contributed by atoms with Crippen molar-refractivity contribution in [1.29, 1.82) is 0 Å². The second kappa shape index (κ2) is 8.43. The highest BCUT2D eigenvalue weighted by atomic mass is 19.1. The van der Waals surface area contributed by atoms with E-state index in [4.69, 9.17) is 9.84 Å². The monoisotopic (exact) mass is 345 g/mol. The quantitative estimate of drug-likeness (QED) is 0.845. The summed E-state index contributed by atoms with van der Waals surface area (Å²) in [5.74, 6) is 0.555. The van der Waals surface area contributed by atoms with Gasteiger partial charge in [0.05, 0.1) is 12.7 Å². The Morgan fingerprint density at radius 1 is 1.12 bits per heavy atom. The van der Waals surface area contributed by atoms with Gasteiger partial charge in [-0.3, -0.25) is 4.90 Å². The number of likely N-dealkylation sites (tertiary alicyclic amines) is 1. The molecule has 0 aliphatic carbocycles. The van der Waals surface area contributed by atoms with Crippen LogP contribution in [0.25, 0.3) is 0 Å². The molecule has 0 aromatic heterocycles. The van der Waals surface area contributed by atoms with Crippen LogP contribution in [0.2, 0.25) is 0 Å². The van der Waals surface area contributed by atoms with Crippen LogP contribution in [-0.2, 0) is 6.54 Å². The number of nitrogens with zero attached hydrogens (tertiary/aromatic N) is 1. The Bertz CT molecular complexity index is 677. The fourth-order valence-electron chi connectivity index (χ4n) is 3.41. The SMILES string of the molecule is OCCOc1ccccc1CN1CC[C@H](c2ccc(F)cc2)[C@@H](O)C1. The summed E-state index contributed by atoms with van der Waals surface area (Å²) in [6.07, 6.45) is 0.344. The van der Waals surface area contributed by atoms with Gasteiger partial charge in [-0.25, -0.2) is 4.39 Å². The standard InChI is InChI=1S/C20H24FNO3/c21-17-7-5-15(6-8-17)18-9-10-22(14-19(18)24)13-16-3-1-2-4-20(16)25-12-11-23/h1-8,18-19,23-24H,9-14H2/t18-,19+/m1/s1. The number of aliphatic hydroxyl groups excluding tert-OH is 2. The minimum atomic E-state index is -0.482. The maximum Gasteiger partial charge on any atom is 0.123 e. The molecule has 2 atom stereocenters. The van der Waals surface area contributed by atoms with Crippen molar-refractivity contribution in [3.05, 3.63) is 65.5 Å². The van der Waals surface area contributed by atoms with Crippen LogP contribution in [0.15, 0.2) is 48.5 Å². The summed E-state index contributed by atoms with van der Waals surface area (Å²) >= 11 is 0. The van der Waals surface area contributed by atoms with Crippen LogP contribution in [0.1, 0.15) is 23.5 Å². The van der Waals surface area contributed by atoms with Gasteiger partial charge in [0.2, 0.25) is 0 Å². The number of aliphatic hydroxyl groups is 2. The first kappa shape index (κ1) is 17.9. The second-order valence-electron chi connectivity index (χ2n) is 6.43. The number of hydrogen-bond donors (Lipinski definition) is 2. The molecule has 0 spiro atoms. The first-order valence-corrected chi connectivity index (χ1v) is 8.65. The molecule has 2 aromatic rings. The topological polar surface area (TPSA) is 52.9 Å². The largest absolute Gasteiger partial charge is 0.491 e. The molecule has 134 valence electrons. The third-order valence-electron chi connectivity index (χ3n) is 4.68. The number of piperidine rings is 1. The average molecular weight is 345 g/mol. The van der Waals surface area contributed by atoms with Crippen LogP contribution >= 0.6 is 0 Å². The smallest absolute Gasteiger partial charge is 0.123 e. The summed E-state index contributed by atoms with van der Waals surface area (Å²) in [4.78, 5) is 2.20. The van der Waals surface area contributed by atoms with E-state index in [-0.39, 0.29) is 24.9 Å². The van der Waals surface area contributed by atoms with Gasteiger partial charge < -0.3 is 14.9 Å². The lowest BCUT2D eigenvalue weighted by molar-refractivity contribution is 0.0471. The van der Waals surface area contributed by atoms with E-state index in [1.54, 1.807) is 12.1 Å². The molecule has 1 saturated heterocycles. The van der Waals surface area contributed by atoms with Crippen LogP contribution in [-0.4, -0.2) is 47.5 Å². The molecule has 2 aromatic carbocycles. The van der Waals surface area contributed by atoms with E-state index in [0.717, 1.165) is 29.8 Å². The van der Waals surface area contributed by atoms with E-state index < -0.39 is 6.10 Å². The summed E-state index contributed by atoms with van der Waals surface area (Å²) < 4.78 is 18.7. The molecular formula is C20H24FNO3. The van der Waals surface area contributed by atoms with Gasteiger partial charge in [-0.15, -0.1) is 0 Å². The molecule has 5 heteroatoms. The van der Waals surface area contributed by atoms with E-state index >= 15 is 0 Å². The summed E-state index contributed by atoms with van der Waals surface area (Å²) in [6, 6.07) is 14.2. The normalized spacial score (nSPS) is 21.2. The number of benzene rings is 2. The van der Waals surface area contributed by atoms with Gasteiger partial charge >= 0.3 is 0 Å². The molecule has 4 nitrogen and oxygen atoms in total. The third-order valence-corrected chi connectivity index (χ3v) is 4.68. The Hall–Kier alpha value is -1.95. The van der Waals surface area contributed by atoms with Gasteiger partial charge in [0.15, 0.2) is 0 Å². The van der Waals surface area contributed by atoms with Crippen LogP contribution in [0, 0.1) is 5.82 Å². The Balaban J connectivity index is 1.63. The Kier molecular flexibility index (Phi) is 6.02. The molecule has 1 aliphatic rings. The lowest BCUT2D eigenvalue weighted by Crippen LogP contribution is -2.42. The number of β-amino-alcohol motifs (C(OH)–C–C–N with tert-alkyl or cyclic N) is 1. The Morgan fingerprint density at radius 3 is 2.60 bits per heavy atom. The fraction of sp³-hybridized carbons (Fsp3) is 0.400. The molecular weight excluding hydrogens is 321 g/mol. The predicted octanol–water partition coefficient (Wildman–Crippen LogP) is 2.55. The van der Waals surface area contributed by atoms with E-state index in [9.17, 15) is 9.50 Å². The molecule has 2 N–H and O–H groups in total. The molecule has 1 aliphatic heterocycles. The lowest BCUT2D eigenvalue weighted by atomic mass is 9.87. The Morgan fingerprint density at radius 2 is 1.88 bits per heavy atom. The molecule has 25 heavy (non-hydrogen) atoms. The molecule has 1 heterocycles. The first-order chi connectivity index (χ1) is 12.2. The van der Waals surface area contributed by atoms with Crippen LogP contribution in [0.5, 0.6) is 5.75 Å². The fourth-order valence-corrected chi connectivity index (χ4v) is 3.41. The molecule has 3 rings (SSSR count). The Labute approximate surface area is 147 Å². The van der Waals surface area contributed by atoms with Crippen molar-refractivity contribution < 1.29 is 19.3 Å². The lowest BCUT2D eigenvalue weighted by Gasteiger charge is -2.36. The van der Waals surface area contributed by atoms with Crippen LogP contribution < -0.4 is 4.74 Å². The number of rotatable bonds is 6. The zero-order valence-corrected chi connectivity index (χ0v) is 14.1. The van der Waals surface area contributed by atoms with Crippen molar-refractivity contribution in [2.75, 3.05) is 26.3 Å². The van der Waals surface area contributed by atoms with Crippen molar-refractivity contribution in [3.63, 3.8) is 0 Å². The van der Waals surface area contributed by atoms with Crippen molar-refractivity contribution in [3.8, 4) is 5.75 Å². The maximum atomic E-state index is 13.1. The summed E-state index contributed by atoms with van der Waals surface area (Å²) in [7, 11) is 0. The van der Waals surface area contributed by atoms with Gasteiger partial charge in [0, 0.05) is 24.6 Å². The summed E-state index contributed by atoms with van der Waals surface area (Å²) in [6.45, 7) is 2.36. The van der Waals surface area contributed by atoms with Crippen molar-refractivity contribution in [2.45, 2.75) is 25.0 Å². The number of para-hydroxylation sites is 1. The molecule has 0 amide bonds. The van der Waals surface area contributed by atoms with Gasteiger partial charge in [-0.2, -0.15) is 0 Å². The highest BCUT2D eigenvalue weighted by Gasteiger charge is 2.29. The minimum absolute atomic E-state index is 0.0177. The number of hydrogen-bond acceptors (Lipinski definition) is 4. The number of halogens is 1. The molecule has 0 radical (unpaired) electrons. The molecule has 0 unspecified atom stereocenters. The highest BCUT2D eigenvalue weighted by molar-refractivity contribution is 5.33. The molecule has 0 saturated carbocycles. The van der Waals surface area contributed by atoms with E-state index in [0.29, 0.717) is 13.1 Å². The summed E-state index contributed by atoms with van der Waals surface area (Å²) in [5, 5.41) is 19.5. The second-order valence-corrected chi connectivity index (χ2v) is 6.43. The number of ether oxygens (including phenoxy) is 1. The van der Waals surface area contributed by atoms with Gasteiger partial charge in [0.1, 0.15) is 18.2 Å². The first-order valence-electron chi connectivity index (χ1n) is 8.65. The maximum absolute atomic E-state index is 13.1. The van der Waals surface area contributed by atoms with Crippen LogP contribution in [0.4, 0.5) is 4.39 Å². The molecule has 1 fully saturated rings. The zero-order valence-electron chi connectivity index (χ0n) is 14.1. The predicted molar refractivity (Wildman–Crippen MR) is 94.1 cm³/mol. The third kappa shape index (κ3) is 4.57. The van der Waals surface area contributed by atoms with Gasteiger partial charge in [0.25, 0.3) is 0 Å². The van der Waals surface area contributed by atoms with Crippen molar-refractivity contribution in [2.24, 2.45) is 0 Å². The van der Waals surface area contributed by atoms with Crippen molar-refractivity contribution >= 4 is 0 Å². The van der Waals surface area contributed by atoms with E-state index in [1.165, 1.54) is 12.1 Å². The molecule has 0 bridgehead atoms. The van der Waals surface area contributed by atoms with Crippen LogP contribution in [0.3, 0.4) is 0 Å². The zero-order chi connectivity index (χ0) is 17.6. The van der Waals surface area contributed by atoms with Gasteiger partial charge in [-0.05, 0) is 36.7 Å².